The molecule has 4 aliphatic rings. The molecule has 0 spiro atoms. The average Bonchev–Trinajstić information content (AvgIpc) is 2.93. The van der Waals surface area contributed by atoms with Crippen LogP contribution in [0.5, 0.6) is 0 Å². The first-order valence-electron chi connectivity index (χ1n) is 11.3. The molecule has 0 aromatic heterocycles. The Morgan fingerprint density at radius 1 is 0.931 bits per heavy atom. The predicted octanol–water partition coefficient (Wildman–Crippen LogP) is 2.98. The van der Waals surface area contributed by atoms with E-state index in [1.807, 2.05) is 0 Å². The second-order valence-electron chi connectivity index (χ2n) is 10.7. The maximum atomic E-state index is 11.7. The van der Waals surface area contributed by atoms with Gasteiger partial charge in [-0.25, -0.2) is 0 Å². The summed E-state index contributed by atoms with van der Waals surface area (Å²) in [6.45, 7) is 7.27. The number of carbonyl (C=O) groups excluding carboxylic acids is 2. The van der Waals surface area contributed by atoms with Crippen molar-refractivity contribution in [1.29, 1.82) is 0 Å². The molecule has 0 aliphatic heterocycles. The van der Waals surface area contributed by atoms with Gasteiger partial charge < -0.3 is 19.7 Å². The van der Waals surface area contributed by atoms with Gasteiger partial charge >= 0.3 is 11.9 Å². The lowest BCUT2D eigenvalue weighted by atomic mass is 9.43. The third kappa shape index (κ3) is 3.04. The number of carbonyl (C=O) groups is 2. The van der Waals surface area contributed by atoms with Crippen LogP contribution in [0, 0.1) is 28.6 Å². The van der Waals surface area contributed by atoms with Gasteiger partial charge in [0, 0.05) is 31.1 Å². The van der Waals surface area contributed by atoms with Crippen LogP contribution in [-0.4, -0.2) is 46.1 Å². The van der Waals surface area contributed by atoms with Gasteiger partial charge in [-0.15, -0.1) is 0 Å². The molecule has 0 unspecified atom stereocenters. The van der Waals surface area contributed by atoms with Gasteiger partial charge in [-0.05, 0) is 62.7 Å². The molecule has 4 fully saturated rings. The lowest BCUT2D eigenvalue weighted by Gasteiger charge is -2.65. The van der Waals surface area contributed by atoms with Gasteiger partial charge in [-0.2, -0.15) is 0 Å². The van der Waals surface area contributed by atoms with Crippen LogP contribution < -0.4 is 0 Å². The molecule has 0 amide bonds. The molecular formula is C23H36O6. The SMILES string of the molecule is CC(=O)O[C@H]1CC[C@]2(C)[C@@H]3CC[C@@]4(C)[C@@H](OC(C)=O)CC[C@@H]4[C@@H]3C[C@H](O)[C@@]2(O)C1. The Morgan fingerprint density at radius 3 is 2.28 bits per heavy atom. The molecule has 6 nitrogen and oxygen atoms in total. The minimum atomic E-state index is -1.23. The Kier molecular flexibility index (Phi) is 5.05. The van der Waals surface area contributed by atoms with E-state index in [9.17, 15) is 19.8 Å². The van der Waals surface area contributed by atoms with Gasteiger partial charge in [0.2, 0.25) is 0 Å². The Morgan fingerprint density at radius 2 is 1.62 bits per heavy atom. The third-order valence-corrected chi connectivity index (χ3v) is 9.37. The summed E-state index contributed by atoms with van der Waals surface area (Å²) in [6, 6.07) is 0. The van der Waals surface area contributed by atoms with E-state index in [4.69, 9.17) is 9.47 Å². The number of aliphatic hydroxyl groups excluding tert-OH is 1. The lowest BCUT2D eigenvalue weighted by Crippen LogP contribution is -2.68. The first kappa shape index (κ1) is 21.1. The number of ether oxygens (including phenoxy) is 2. The third-order valence-electron chi connectivity index (χ3n) is 9.37. The van der Waals surface area contributed by atoms with Gasteiger partial charge in [-0.1, -0.05) is 13.8 Å². The highest BCUT2D eigenvalue weighted by Gasteiger charge is 2.68. The van der Waals surface area contributed by atoms with Crippen molar-refractivity contribution in [2.24, 2.45) is 28.6 Å². The molecular weight excluding hydrogens is 372 g/mol. The van der Waals surface area contributed by atoms with E-state index in [0.29, 0.717) is 30.6 Å². The molecule has 0 aromatic carbocycles. The fourth-order valence-electron chi connectivity index (χ4n) is 7.92. The highest BCUT2D eigenvalue weighted by atomic mass is 16.5. The molecule has 0 saturated heterocycles. The molecule has 4 aliphatic carbocycles. The van der Waals surface area contributed by atoms with Gasteiger partial charge in [0.05, 0.1) is 11.7 Å². The minimum absolute atomic E-state index is 0.0450. The zero-order valence-electron chi connectivity index (χ0n) is 18.1. The monoisotopic (exact) mass is 408 g/mol. The summed E-state index contributed by atoms with van der Waals surface area (Å²) < 4.78 is 11.1. The maximum absolute atomic E-state index is 11.7. The van der Waals surface area contributed by atoms with Crippen molar-refractivity contribution in [3.05, 3.63) is 0 Å². The molecule has 0 aromatic rings. The summed E-state index contributed by atoms with van der Waals surface area (Å²) in [6.07, 6.45) is 4.99. The van der Waals surface area contributed by atoms with Gasteiger partial charge in [-0.3, -0.25) is 9.59 Å². The largest absolute Gasteiger partial charge is 0.462 e. The summed E-state index contributed by atoms with van der Waals surface area (Å²) in [4.78, 5) is 23.0. The van der Waals surface area contributed by atoms with Gasteiger partial charge in [0.25, 0.3) is 0 Å². The van der Waals surface area contributed by atoms with Gasteiger partial charge in [0.15, 0.2) is 0 Å². The van der Waals surface area contributed by atoms with Crippen LogP contribution in [0.2, 0.25) is 0 Å². The molecule has 0 bridgehead atoms. The van der Waals surface area contributed by atoms with Crippen molar-refractivity contribution in [2.45, 2.75) is 103 Å². The number of hydrogen-bond donors (Lipinski definition) is 2. The molecule has 0 radical (unpaired) electrons. The van der Waals surface area contributed by atoms with E-state index in [2.05, 4.69) is 13.8 Å². The zero-order chi connectivity index (χ0) is 21.2. The van der Waals surface area contributed by atoms with Crippen LogP contribution in [0.25, 0.3) is 0 Å². The van der Waals surface area contributed by atoms with E-state index in [1.165, 1.54) is 13.8 Å². The topological polar surface area (TPSA) is 93.1 Å². The highest BCUT2D eigenvalue weighted by molar-refractivity contribution is 5.66. The van der Waals surface area contributed by atoms with Gasteiger partial charge in [0.1, 0.15) is 12.2 Å². The van der Waals surface area contributed by atoms with Crippen LogP contribution in [-0.2, 0) is 19.1 Å². The van der Waals surface area contributed by atoms with Crippen molar-refractivity contribution >= 4 is 11.9 Å². The quantitative estimate of drug-likeness (QED) is 0.683. The second kappa shape index (κ2) is 6.94. The van der Waals surface area contributed by atoms with Crippen LogP contribution in [0.3, 0.4) is 0 Å². The average molecular weight is 409 g/mol. The van der Waals surface area contributed by atoms with E-state index in [1.54, 1.807) is 0 Å². The molecule has 4 saturated carbocycles. The fourth-order valence-corrected chi connectivity index (χ4v) is 7.92. The number of esters is 2. The Labute approximate surface area is 173 Å². The number of fused-ring (bicyclic) bond motifs is 5. The Hall–Kier alpha value is -1.14. The molecule has 29 heavy (non-hydrogen) atoms. The zero-order valence-corrected chi connectivity index (χ0v) is 18.1. The molecule has 2 N–H and O–H groups in total. The molecule has 6 heteroatoms. The fraction of sp³-hybridized carbons (Fsp3) is 0.913. The Bertz CT molecular complexity index is 693. The van der Waals surface area contributed by atoms with Crippen molar-refractivity contribution < 1.29 is 29.3 Å². The molecule has 0 heterocycles. The van der Waals surface area contributed by atoms with Crippen LogP contribution in [0.15, 0.2) is 0 Å². The second-order valence-corrected chi connectivity index (χ2v) is 10.7. The normalized spacial score (nSPS) is 51.4. The number of hydrogen-bond acceptors (Lipinski definition) is 6. The van der Waals surface area contributed by atoms with E-state index in [-0.39, 0.29) is 29.6 Å². The first-order chi connectivity index (χ1) is 13.5. The smallest absolute Gasteiger partial charge is 0.302 e. The van der Waals surface area contributed by atoms with E-state index < -0.39 is 17.1 Å². The number of rotatable bonds is 2. The first-order valence-corrected chi connectivity index (χ1v) is 11.3. The van der Waals surface area contributed by atoms with E-state index in [0.717, 1.165) is 38.5 Å². The summed E-state index contributed by atoms with van der Waals surface area (Å²) in [5, 5.41) is 22.9. The van der Waals surface area contributed by atoms with E-state index >= 15 is 0 Å². The standard InChI is InChI=1S/C23H36O6/c1-13(24)28-15-7-10-22(4)18-8-9-21(3)17(5-6-20(21)29-14(2)25)16(18)11-19(26)23(22,27)12-15/h15-20,26-27H,5-12H2,1-4H3/t15-,16-,17+,18+,19-,20-,21+,22+,23-/m0/s1. The Balaban J connectivity index is 1.60. The number of aliphatic hydroxyl groups is 2. The van der Waals surface area contributed by atoms with Crippen LogP contribution >= 0.6 is 0 Å². The highest BCUT2D eigenvalue weighted by Crippen LogP contribution is 2.67. The summed E-state index contributed by atoms with van der Waals surface area (Å²) >= 11 is 0. The van der Waals surface area contributed by atoms with Crippen molar-refractivity contribution in [3.63, 3.8) is 0 Å². The lowest BCUT2D eigenvalue weighted by molar-refractivity contribution is -0.267. The predicted molar refractivity (Wildman–Crippen MR) is 106 cm³/mol. The molecule has 4 rings (SSSR count). The van der Waals surface area contributed by atoms with Crippen LogP contribution in [0.4, 0.5) is 0 Å². The summed E-state index contributed by atoms with van der Waals surface area (Å²) in [5.74, 6) is 0.491. The summed E-state index contributed by atoms with van der Waals surface area (Å²) in [5.41, 5.74) is -1.67. The van der Waals surface area contributed by atoms with Crippen molar-refractivity contribution in [2.75, 3.05) is 0 Å². The van der Waals surface area contributed by atoms with Crippen molar-refractivity contribution in [3.8, 4) is 0 Å². The molecule has 9 atom stereocenters. The maximum Gasteiger partial charge on any atom is 0.302 e. The summed E-state index contributed by atoms with van der Waals surface area (Å²) in [7, 11) is 0. The molecule has 164 valence electrons. The van der Waals surface area contributed by atoms with Crippen LogP contribution in [0.1, 0.15) is 79.1 Å². The van der Waals surface area contributed by atoms with Crippen molar-refractivity contribution in [1.82, 2.24) is 0 Å². The minimum Gasteiger partial charge on any atom is -0.462 e.